The number of hydrogen-bond donors (Lipinski definition) is 1. The normalized spacial score (nSPS) is 10.9. The van der Waals surface area contributed by atoms with E-state index in [4.69, 9.17) is 4.98 Å². The predicted molar refractivity (Wildman–Crippen MR) is 120 cm³/mol. The van der Waals surface area contributed by atoms with Gasteiger partial charge in [0.25, 0.3) is 5.56 Å². The molecule has 2 aromatic carbocycles. The van der Waals surface area contributed by atoms with Gasteiger partial charge in [0.05, 0.1) is 5.69 Å². The summed E-state index contributed by atoms with van der Waals surface area (Å²) in [6.07, 6.45) is 6.73. The number of aromatic nitrogens is 4. The fourth-order valence-corrected chi connectivity index (χ4v) is 4.11. The summed E-state index contributed by atoms with van der Waals surface area (Å²) >= 11 is 1.39. The van der Waals surface area contributed by atoms with Crippen molar-refractivity contribution < 1.29 is 4.39 Å². The van der Waals surface area contributed by atoms with Gasteiger partial charge in [0.1, 0.15) is 12.1 Å². The highest BCUT2D eigenvalue weighted by Crippen LogP contribution is 2.21. The number of rotatable bonds is 8. The van der Waals surface area contributed by atoms with Gasteiger partial charge in [-0.15, -0.1) is 0 Å². The summed E-state index contributed by atoms with van der Waals surface area (Å²) in [6.45, 7) is 0. The summed E-state index contributed by atoms with van der Waals surface area (Å²) in [5.41, 5.74) is 4.11. The van der Waals surface area contributed by atoms with Crippen molar-refractivity contribution in [3.8, 4) is 0 Å². The van der Waals surface area contributed by atoms with Crippen molar-refractivity contribution in [3.63, 3.8) is 0 Å². The molecule has 0 saturated carbocycles. The van der Waals surface area contributed by atoms with Crippen LogP contribution in [0.15, 0.2) is 83.3 Å². The number of benzene rings is 2. The average molecular weight is 433 g/mol. The molecule has 0 saturated heterocycles. The van der Waals surface area contributed by atoms with Crippen molar-refractivity contribution in [2.24, 2.45) is 0 Å². The number of aromatic amines is 1. The van der Waals surface area contributed by atoms with E-state index in [1.807, 2.05) is 24.3 Å². The second-order valence-electron chi connectivity index (χ2n) is 7.12. The van der Waals surface area contributed by atoms with Crippen molar-refractivity contribution in [1.82, 2.24) is 19.9 Å². The summed E-state index contributed by atoms with van der Waals surface area (Å²) in [5, 5.41) is 0.533. The monoisotopic (exact) mass is 432 g/mol. The van der Waals surface area contributed by atoms with Crippen molar-refractivity contribution in [3.05, 3.63) is 117 Å². The lowest BCUT2D eigenvalue weighted by atomic mass is 10.0. The van der Waals surface area contributed by atoms with Crippen LogP contribution in [-0.4, -0.2) is 19.9 Å². The SMILES string of the molecule is O=c1[nH]c(SCc2cccc(F)c2)nc(CCc2ccccc2)c1Cc1cncnc1. The van der Waals surface area contributed by atoms with Crippen molar-refractivity contribution >= 4 is 11.8 Å². The maximum atomic E-state index is 13.4. The number of aryl methyl sites for hydroxylation is 2. The van der Waals surface area contributed by atoms with E-state index >= 15 is 0 Å². The van der Waals surface area contributed by atoms with Crippen LogP contribution in [-0.2, 0) is 25.0 Å². The number of halogens is 1. The molecule has 0 fully saturated rings. The van der Waals surface area contributed by atoms with E-state index in [2.05, 4.69) is 27.1 Å². The maximum Gasteiger partial charge on any atom is 0.255 e. The standard InChI is InChI=1S/C24H21FN4OS/c25-20-8-4-7-18(11-20)15-31-24-28-22(10-9-17-5-2-1-3-6-17)21(23(30)29-24)12-19-13-26-16-27-14-19/h1-8,11,13-14,16H,9-10,12,15H2,(H,28,29,30). The Morgan fingerprint density at radius 3 is 2.45 bits per heavy atom. The van der Waals surface area contributed by atoms with Gasteiger partial charge >= 0.3 is 0 Å². The largest absolute Gasteiger partial charge is 0.301 e. The van der Waals surface area contributed by atoms with Crippen LogP contribution in [0.3, 0.4) is 0 Å². The summed E-state index contributed by atoms with van der Waals surface area (Å²) in [6, 6.07) is 16.6. The quantitative estimate of drug-likeness (QED) is 0.331. The molecule has 0 amide bonds. The number of thioether (sulfide) groups is 1. The summed E-state index contributed by atoms with van der Waals surface area (Å²) in [5.74, 6) is 0.244. The molecular weight excluding hydrogens is 411 g/mol. The van der Waals surface area contributed by atoms with Gasteiger partial charge in [0, 0.05) is 30.1 Å². The summed E-state index contributed by atoms with van der Waals surface area (Å²) < 4.78 is 13.4. The Morgan fingerprint density at radius 1 is 0.903 bits per heavy atom. The van der Waals surface area contributed by atoms with Crippen molar-refractivity contribution in [1.29, 1.82) is 0 Å². The van der Waals surface area contributed by atoms with Gasteiger partial charge < -0.3 is 4.98 Å². The fourth-order valence-electron chi connectivity index (χ4n) is 3.29. The molecule has 4 rings (SSSR count). The lowest BCUT2D eigenvalue weighted by molar-refractivity contribution is 0.626. The topological polar surface area (TPSA) is 71.5 Å². The molecule has 0 radical (unpaired) electrons. The Bertz CT molecular complexity index is 1200. The van der Waals surface area contributed by atoms with Crippen LogP contribution >= 0.6 is 11.8 Å². The number of hydrogen-bond acceptors (Lipinski definition) is 5. The highest BCUT2D eigenvalue weighted by atomic mass is 32.2. The Morgan fingerprint density at radius 2 is 1.68 bits per heavy atom. The third-order valence-corrected chi connectivity index (χ3v) is 5.78. The molecule has 31 heavy (non-hydrogen) atoms. The van der Waals surface area contributed by atoms with Gasteiger partial charge in [0.15, 0.2) is 5.16 Å². The number of nitrogens with zero attached hydrogens (tertiary/aromatic N) is 3. The van der Waals surface area contributed by atoms with Crippen LogP contribution in [0.25, 0.3) is 0 Å². The molecule has 1 N–H and O–H groups in total. The second-order valence-corrected chi connectivity index (χ2v) is 8.09. The van der Waals surface area contributed by atoms with Crippen LogP contribution < -0.4 is 5.56 Å². The molecule has 4 aromatic rings. The molecule has 0 aliphatic heterocycles. The lowest BCUT2D eigenvalue weighted by Crippen LogP contribution is -2.20. The molecule has 2 heterocycles. The van der Waals surface area contributed by atoms with E-state index in [9.17, 15) is 9.18 Å². The van der Waals surface area contributed by atoms with E-state index in [1.165, 1.54) is 35.8 Å². The molecule has 0 spiro atoms. The van der Waals surface area contributed by atoms with E-state index in [-0.39, 0.29) is 11.4 Å². The molecule has 0 aliphatic rings. The number of H-pyrrole nitrogens is 1. The van der Waals surface area contributed by atoms with Gasteiger partial charge in [-0.05, 0) is 41.7 Å². The van der Waals surface area contributed by atoms with Gasteiger partial charge in [0.2, 0.25) is 0 Å². The van der Waals surface area contributed by atoms with E-state index in [0.29, 0.717) is 29.3 Å². The number of nitrogens with one attached hydrogen (secondary N) is 1. The second kappa shape index (κ2) is 10.1. The van der Waals surface area contributed by atoms with E-state index in [0.717, 1.165) is 23.2 Å². The molecule has 0 aliphatic carbocycles. The van der Waals surface area contributed by atoms with Crippen LogP contribution in [0.5, 0.6) is 0 Å². The molecule has 0 unspecified atom stereocenters. The predicted octanol–water partition coefficient (Wildman–Crippen LogP) is 4.37. The zero-order chi connectivity index (χ0) is 21.5. The molecule has 5 nitrogen and oxygen atoms in total. The van der Waals surface area contributed by atoms with Crippen molar-refractivity contribution in [2.75, 3.05) is 0 Å². The van der Waals surface area contributed by atoms with E-state index < -0.39 is 0 Å². The van der Waals surface area contributed by atoms with Gasteiger partial charge in [-0.3, -0.25) is 4.79 Å². The molecule has 0 atom stereocenters. The highest BCUT2D eigenvalue weighted by molar-refractivity contribution is 7.98. The van der Waals surface area contributed by atoms with Gasteiger partial charge in [-0.25, -0.2) is 19.3 Å². The lowest BCUT2D eigenvalue weighted by Gasteiger charge is -2.11. The first-order chi connectivity index (χ1) is 15.2. The van der Waals surface area contributed by atoms with Gasteiger partial charge in [-0.2, -0.15) is 0 Å². The molecule has 7 heteroatoms. The van der Waals surface area contributed by atoms with Gasteiger partial charge in [-0.1, -0.05) is 54.2 Å². The summed E-state index contributed by atoms with van der Waals surface area (Å²) in [7, 11) is 0. The molecule has 0 bridgehead atoms. The third-order valence-electron chi connectivity index (χ3n) is 4.83. The average Bonchev–Trinajstić information content (AvgIpc) is 2.79. The minimum Gasteiger partial charge on any atom is -0.301 e. The van der Waals surface area contributed by atoms with E-state index in [1.54, 1.807) is 18.5 Å². The van der Waals surface area contributed by atoms with Crippen LogP contribution in [0.1, 0.15) is 27.9 Å². The molecule has 156 valence electrons. The zero-order valence-corrected chi connectivity index (χ0v) is 17.6. The Balaban J connectivity index is 1.59. The Kier molecular flexibility index (Phi) is 6.84. The minimum absolute atomic E-state index is 0.163. The first kappa shape index (κ1) is 20.9. The first-order valence-corrected chi connectivity index (χ1v) is 10.9. The van der Waals surface area contributed by atoms with Crippen LogP contribution in [0.4, 0.5) is 4.39 Å². The third kappa shape index (κ3) is 5.86. The Hall–Kier alpha value is -3.32. The smallest absolute Gasteiger partial charge is 0.255 e. The Labute approximate surface area is 183 Å². The van der Waals surface area contributed by atoms with Crippen molar-refractivity contribution in [2.45, 2.75) is 30.2 Å². The highest BCUT2D eigenvalue weighted by Gasteiger charge is 2.14. The molecule has 2 aromatic heterocycles. The maximum absolute atomic E-state index is 13.4. The fraction of sp³-hybridized carbons (Fsp3) is 0.167. The molecular formula is C24H21FN4OS. The van der Waals surface area contributed by atoms with Crippen LogP contribution in [0, 0.1) is 5.82 Å². The van der Waals surface area contributed by atoms with Crippen LogP contribution in [0.2, 0.25) is 0 Å². The first-order valence-electron chi connectivity index (χ1n) is 9.94. The zero-order valence-electron chi connectivity index (χ0n) is 16.8. The minimum atomic E-state index is -0.275. The summed E-state index contributed by atoms with van der Waals surface area (Å²) in [4.78, 5) is 28.7.